The van der Waals surface area contributed by atoms with Crippen molar-refractivity contribution in [2.45, 2.75) is 20.3 Å². The lowest BCUT2D eigenvalue weighted by Crippen LogP contribution is -2.28. The van der Waals surface area contributed by atoms with Gasteiger partial charge in [0.25, 0.3) is 0 Å². The lowest BCUT2D eigenvalue weighted by molar-refractivity contribution is 0.239. The molecule has 0 fully saturated rings. The van der Waals surface area contributed by atoms with E-state index in [4.69, 9.17) is 26.4 Å². The molecule has 0 heterocycles. The van der Waals surface area contributed by atoms with Gasteiger partial charge in [-0.15, -0.1) is 0 Å². The van der Waals surface area contributed by atoms with Crippen molar-refractivity contribution in [3.8, 4) is 17.2 Å². The fourth-order valence-electron chi connectivity index (χ4n) is 2.54. The van der Waals surface area contributed by atoms with Crippen molar-refractivity contribution in [3.05, 3.63) is 53.1 Å². The smallest absolute Gasteiger partial charge is 0.186 e. The minimum atomic E-state index is 0.435. The van der Waals surface area contributed by atoms with Crippen LogP contribution in [0.25, 0.3) is 0 Å². The van der Waals surface area contributed by atoms with Crippen LogP contribution in [0.2, 0.25) is 0 Å². The Morgan fingerprint density at radius 2 is 1.89 bits per heavy atom. The molecule has 2 rings (SSSR count). The largest absolute Gasteiger partial charge is 0.493 e. The number of aryl methyl sites for hydroxylation is 2. The van der Waals surface area contributed by atoms with Gasteiger partial charge >= 0.3 is 0 Å². The molecule has 2 aromatic carbocycles. The van der Waals surface area contributed by atoms with Crippen molar-refractivity contribution in [2.24, 2.45) is 5.10 Å². The van der Waals surface area contributed by atoms with Crippen LogP contribution in [0.3, 0.4) is 0 Å². The number of hydrogen-bond donors (Lipinski definition) is 2. The number of benzene rings is 2. The second-order valence-corrected chi connectivity index (χ2v) is 6.56. The number of para-hydroxylation sites is 1. The van der Waals surface area contributed by atoms with E-state index in [-0.39, 0.29) is 0 Å². The van der Waals surface area contributed by atoms with Crippen LogP contribution in [0.5, 0.6) is 17.2 Å². The van der Waals surface area contributed by atoms with Crippen LogP contribution in [-0.2, 0) is 0 Å². The van der Waals surface area contributed by atoms with Gasteiger partial charge in [-0.1, -0.05) is 23.8 Å². The summed E-state index contributed by atoms with van der Waals surface area (Å²) in [6.45, 7) is 5.18. The van der Waals surface area contributed by atoms with Gasteiger partial charge in [0.15, 0.2) is 16.6 Å². The summed E-state index contributed by atoms with van der Waals surface area (Å²) in [6.07, 6.45) is 2.39. The molecular formula is C21H27N3O3S. The van der Waals surface area contributed by atoms with E-state index in [1.165, 1.54) is 5.56 Å². The summed E-state index contributed by atoms with van der Waals surface area (Å²) in [5.74, 6) is 2.19. The first-order chi connectivity index (χ1) is 13.5. The molecule has 0 aliphatic rings. The van der Waals surface area contributed by atoms with E-state index in [1.807, 2.05) is 37.3 Å². The van der Waals surface area contributed by atoms with E-state index in [0.29, 0.717) is 29.8 Å². The molecule has 28 heavy (non-hydrogen) atoms. The average molecular weight is 402 g/mol. The van der Waals surface area contributed by atoms with Gasteiger partial charge in [0.1, 0.15) is 5.75 Å². The zero-order chi connectivity index (χ0) is 20.4. The molecule has 6 nitrogen and oxygen atoms in total. The van der Waals surface area contributed by atoms with Gasteiger partial charge < -0.3 is 19.5 Å². The zero-order valence-corrected chi connectivity index (χ0v) is 17.6. The van der Waals surface area contributed by atoms with Crippen LogP contribution in [0.1, 0.15) is 23.1 Å². The van der Waals surface area contributed by atoms with Crippen LogP contribution in [-0.4, -0.2) is 38.7 Å². The number of thiocarbonyl (C=S) groups is 1. The lowest BCUT2D eigenvalue weighted by Gasteiger charge is -2.14. The first-order valence-corrected chi connectivity index (χ1v) is 9.46. The normalized spacial score (nSPS) is 10.6. The number of hydrazone groups is 1. The summed E-state index contributed by atoms with van der Waals surface area (Å²) in [5.41, 5.74) is 5.88. The molecule has 0 aromatic heterocycles. The highest BCUT2D eigenvalue weighted by Crippen LogP contribution is 2.30. The fraction of sp³-hybridized carbons (Fsp3) is 0.333. The molecule has 0 saturated carbocycles. The van der Waals surface area contributed by atoms with Crippen molar-refractivity contribution >= 4 is 23.5 Å². The fourth-order valence-corrected chi connectivity index (χ4v) is 2.60. The summed E-state index contributed by atoms with van der Waals surface area (Å²) in [7, 11) is 3.34. The molecule has 150 valence electrons. The third-order valence-corrected chi connectivity index (χ3v) is 4.24. The minimum absolute atomic E-state index is 0.435. The second kappa shape index (κ2) is 11.1. The number of methoxy groups -OCH3 is 1. The van der Waals surface area contributed by atoms with E-state index in [9.17, 15) is 0 Å². The summed E-state index contributed by atoms with van der Waals surface area (Å²) in [4.78, 5) is 0. The summed E-state index contributed by atoms with van der Waals surface area (Å²) in [5, 5.41) is 7.34. The molecule has 0 saturated heterocycles. The van der Waals surface area contributed by atoms with Crippen molar-refractivity contribution in [3.63, 3.8) is 0 Å². The number of ether oxygens (including phenoxy) is 3. The highest BCUT2D eigenvalue weighted by Gasteiger charge is 2.09. The third kappa shape index (κ3) is 6.42. The highest BCUT2D eigenvalue weighted by molar-refractivity contribution is 7.80. The lowest BCUT2D eigenvalue weighted by atomic mass is 10.1. The Bertz CT molecular complexity index is 825. The Balaban J connectivity index is 1.92. The molecule has 0 unspecified atom stereocenters. The summed E-state index contributed by atoms with van der Waals surface area (Å²) < 4.78 is 17.2. The van der Waals surface area contributed by atoms with Crippen LogP contribution < -0.4 is 25.0 Å². The van der Waals surface area contributed by atoms with E-state index in [1.54, 1.807) is 20.4 Å². The van der Waals surface area contributed by atoms with Crippen molar-refractivity contribution in [1.82, 2.24) is 10.7 Å². The number of nitrogens with zero attached hydrogens (tertiary/aromatic N) is 1. The van der Waals surface area contributed by atoms with Crippen LogP contribution in [0.15, 0.2) is 41.5 Å². The SMILES string of the molecule is CNC(=S)N/N=C\c1cccc(OC)c1OCCCOc1ccc(C)cc1C. The van der Waals surface area contributed by atoms with E-state index >= 15 is 0 Å². The number of rotatable bonds is 9. The van der Waals surface area contributed by atoms with E-state index in [2.05, 4.69) is 28.8 Å². The molecule has 7 heteroatoms. The Hall–Kier alpha value is -2.80. The average Bonchev–Trinajstić information content (AvgIpc) is 2.69. The minimum Gasteiger partial charge on any atom is -0.493 e. The van der Waals surface area contributed by atoms with Gasteiger partial charge in [-0.25, -0.2) is 0 Å². The Morgan fingerprint density at radius 3 is 2.61 bits per heavy atom. The standard InChI is InChI=1S/C21H27N3O3S/c1-15-9-10-18(16(2)13-15)26-11-6-12-27-20-17(7-5-8-19(20)25-4)14-23-24-21(28)22-3/h5,7-10,13-14H,6,11-12H2,1-4H3,(H2,22,24,28)/b23-14-. The van der Waals surface area contributed by atoms with E-state index in [0.717, 1.165) is 23.3 Å². The van der Waals surface area contributed by atoms with Gasteiger partial charge in [0.2, 0.25) is 0 Å². The Kier molecular flexibility index (Phi) is 8.55. The van der Waals surface area contributed by atoms with Crippen molar-refractivity contribution in [1.29, 1.82) is 0 Å². The zero-order valence-electron chi connectivity index (χ0n) is 16.7. The molecule has 2 aromatic rings. The highest BCUT2D eigenvalue weighted by atomic mass is 32.1. The van der Waals surface area contributed by atoms with Gasteiger partial charge in [0, 0.05) is 19.0 Å². The number of hydrogen-bond acceptors (Lipinski definition) is 5. The predicted molar refractivity (Wildman–Crippen MR) is 117 cm³/mol. The van der Waals surface area contributed by atoms with Gasteiger partial charge in [0.05, 0.1) is 26.5 Å². The molecule has 2 N–H and O–H groups in total. The first kappa shape index (κ1) is 21.5. The second-order valence-electron chi connectivity index (χ2n) is 6.15. The monoisotopic (exact) mass is 401 g/mol. The molecule has 0 bridgehead atoms. The topological polar surface area (TPSA) is 64.1 Å². The van der Waals surface area contributed by atoms with E-state index < -0.39 is 0 Å². The maximum atomic E-state index is 5.96. The maximum absolute atomic E-state index is 5.96. The van der Waals surface area contributed by atoms with Crippen molar-refractivity contribution in [2.75, 3.05) is 27.4 Å². The first-order valence-electron chi connectivity index (χ1n) is 9.05. The third-order valence-electron chi connectivity index (χ3n) is 3.95. The molecule has 0 aliphatic carbocycles. The Labute approximate surface area is 171 Å². The van der Waals surface area contributed by atoms with Gasteiger partial charge in [-0.05, 0) is 49.8 Å². The summed E-state index contributed by atoms with van der Waals surface area (Å²) >= 11 is 5.00. The van der Waals surface area contributed by atoms with Gasteiger partial charge in [-0.3, -0.25) is 5.43 Å². The molecule has 0 amide bonds. The van der Waals surface area contributed by atoms with Crippen LogP contribution in [0, 0.1) is 13.8 Å². The number of nitrogens with one attached hydrogen (secondary N) is 2. The molecule has 0 spiro atoms. The molecular weight excluding hydrogens is 374 g/mol. The quantitative estimate of drug-likeness (QED) is 0.290. The summed E-state index contributed by atoms with van der Waals surface area (Å²) in [6, 6.07) is 11.8. The van der Waals surface area contributed by atoms with Crippen LogP contribution >= 0.6 is 12.2 Å². The maximum Gasteiger partial charge on any atom is 0.186 e. The molecule has 0 aliphatic heterocycles. The van der Waals surface area contributed by atoms with Crippen molar-refractivity contribution < 1.29 is 14.2 Å². The molecule has 0 radical (unpaired) electrons. The van der Waals surface area contributed by atoms with Gasteiger partial charge in [-0.2, -0.15) is 5.10 Å². The Morgan fingerprint density at radius 1 is 1.11 bits per heavy atom. The van der Waals surface area contributed by atoms with Crippen LogP contribution in [0.4, 0.5) is 0 Å². The predicted octanol–water partition coefficient (Wildman–Crippen LogP) is 3.59. The molecule has 0 atom stereocenters.